The van der Waals surface area contributed by atoms with Gasteiger partial charge in [0.2, 0.25) is 5.95 Å². The van der Waals surface area contributed by atoms with Gasteiger partial charge in [0.15, 0.2) is 0 Å². The van der Waals surface area contributed by atoms with Crippen LogP contribution in [0.25, 0.3) is 0 Å². The van der Waals surface area contributed by atoms with Gasteiger partial charge < -0.3 is 10.6 Å². The lowest BCUT2D eigenvalue weighted by Crippen LogP contribution is -2.23. The summed E-state index contributed by atoms with van der Waals surface area (Å²) in [7, 11) is 0. The van der Waals surface area contributed by atoms with Crippen LogP contribution in [0.2, 0.25) is 0 Å². The third-order valence-corrected chi connectivity index (χ3v) is 3.19. The molecule has 1 aliphatic rings. The van der Waals surface area contributed by atoms with Crippen molar-refractivity contribution in [1.82, 2.24) is 15.3 Å². The zero-order valence-electron chi connectivity index (χ0n) is 11.3. The SMILES string of the molecule is O=C(NCc1ccc(F)cc1)c1cnc(NC2CC2)nc1. The van der Waals surface area contributed by atoms with Gasteiger partial charge in [-0.05, 0) is 30.5 Å². The van der Waals surface area contributed by atoms with Gasteiger partial charge in [0, 0.05) is 25.0 Å². The number of benzene rings is 1. The minimum absolute atomic E-state index is 0.253. The lowest BCUT2D eigenvalue weighted by Gasteiger charge is -2.06. The molecule has 1 heterocycles. The lowest BCUT2D eigenvalue weighted by atomic mass is 10.2. The number of carbonyl (C=O) groups is 1. The molecule has 1 fully saturated rings. The van der Waals surface area contributed by atoms with Crippen molar-refractivity contribution in [3.8, 4) is 0 Å². The molecular formula is C15H15FN4O. The zero-order chi connectivity index (χ0) is 14.7. The Hall–Kier alpha value is -2.50. The number of halogens is 1. The Bertz CT molecular complexity index is 623. The molecule has 0 atom stereocenters. The summed E-state index contributed by atoms with van der Waals surface area (Å²) in [5, 5.41) is 5.90. The van der Waals surface area contributed by atoms with Gasteiger partial charge in [-0.15, -0.1) is 0 Å². The number of carbonyl (C=O) groups excluding carboxylic acids is 1. The third kappa shape index (κ3) is 3.75. The molecule has 2 aromatic rings. The van der Waals surface area contributed by atoms with Gasteiger partial charge in [-0.3, -0.25) is 4.79 Å². The Morgan fingerprint density at radius 2 is 1.86 bits per heavy atom. The second-order valence-corrected chi connectivity index (χ2v) is 5.02. The van der Waals surface area contributed by atoms with E-state index in [0.717, 1.165) is 18.4 Å². The van der Waals surface area contributed by atoms with Crippen molar-refractivity contribution in [3.05, 3.63) is 53.6 Å². The monoisotopic (exact) mass is 286 g/mol. The third-order valence-electron chi connectivity index (χ3n) is 3.19. The van der Waals surface area contributed by atoms with E-state index in [-0.39, 0.29) is 11.7 Å². The first-order valence-electron chi connectivity index (χ1n) is 6.82. The summed E-state index contributed by atoms with van der Waals surface area (Å²) in [6.07, 6.45) is 5.28. The number of hydrogen-bond donors (Lipinski definition) is 2. The molecule has 3 rings (SSSR count). The largest absolute Gasteiger partial charge is 0.351 e. The van der Waals surface area contributed by atoms with E-state index in [9.17, 15) is 9.18 Å². The van der Waals surface area contributed by atoms with Gasteiger partial charge in [-0.1, -0.05) is 12.1 Å². The van der Waals surface area contributed by atoms with Gasteiger partial charge in [-0.25, -0.2) is 14.4 Å². The summed E-state index contributed by atoms with van der Waals surface area (Å²) in [5.41, 5.74) is 1.23. The van der Waals surface area contributed by atoms with Crippen LogP contribution >= 0.6 is 0 Å². The number of aromatic nitrogens is 2. The Morgan fingerprint density at radius 1 is 1.19 bits per heavy atom. The van der Waals surface area contributed by atoms with Crippen LogP contribution in [-0.2, 0) is 6.54 Å². The van der Waals surface area contributed by atoms with Crippen molar-refractivity contribution >= 4 is 11.9 Å². The van der Waals surface area contributed by atoms with Crippen LogP contribution < -0.4 is 10.6 Å². The van der Waals surface area contributed by atoms with Gasteiger partial charge in [0.05, 0.1) is 5.56 Å². The number of hydrogen-bond acceptors (Lipinski definition) is 4. The van der Waals surface area contributed by atoms with E-state index in [4.69, 9.17) is 0 Å². The van der Waals surface area contributed by atoms with Crippen molar-refractivity contribution in [2.75, 3.05) is 5.32 Å². The average molecular weight is 286 g/mol. The van der Waals surface area contributed by atoms with Gasteiger partial charge in [-0.2, -0.15) is 0 Å². The van der Waals surface area contributed by atoms with E-state index in [0.29, 0.717) is 24.1 Å². The van der Waals surface area contributed by atoms with Gasteiger partial charge in [0.25, 0.3) is 5.91 Å². The normalized spacial score (nSPS) is 13.8. The maximum atomic E-state index is 12.8. The highest BCUT2D eigenvalue weighted by Crippen LogP contribution is 2.22. The smallest absolute Gasteiger partial charge is 0.254 e. The fraction of sp³-hybridized carbons (Fsp3) is 0.267. The second-order valence-electron chi connectivity index (χ2n) is 5.02. The summed E-state index contributed by atoms with van der Waals surface area (Å²) in [5.74, 6) is 0.00195. The van der Waals surface area contributed by atoms with Crippen molar-refractivity contribution in [1.29, 1.82) is 0 Å². The maximum Gasteiger partial charge on any atom is 0.254 e. The molecule has 0 spiro atoms. The molecule has 2 N–H and O–H groups in total. The molecule has 108 valence electrons. The van der Waals surface area contributed by atoms with Crippen molar-refractivity contribution in [3.63, 3.8) is 0 Å². The minimum Gasteiger partial charge on any atom is -0.351 e. The van der Waals surface area contributed by atoms with E-state index in [1.54, 1.807) is 12.1 Å². The number of rotatable bonds is 5. The summed E-state index contributed by atoms with van der Waals surface area (Å²) in [6.45, 7) is 0.335. The minimum atomic E-state index is -0.294. The topological polar surface area (TPSA) is 66.9 Å². The molecule has 1 aromatic heterocycles. The number of anilines is 1. The van der Waals surface area contributed by atoms with Crippen LogP contribution in [0.5, 0.6) is 0 Å². The molecule has 21 heavy (non-hydrogen) atoms. The quantitative estimate of drug-likeness (QED) is 0.883. The molecule has 1 aliphatic carbocycles. The van der Waals surface area contributed by atoms with Crippen molar-refractivity contribution in [2.24, 2.45) is 0 Å². The summed E-state index contributed by atoms with van der Waals surface area (Å²) in [4.78, 5) is 20.2. The van der Waals surface area contributed by atoms with Crippen LogP contribution in [0.15, 0.2) is 36.7 Å². The zero-order valence-corrected chi connectivity index (χ0v) is 11.3. The van der Waals surface area contributed by atoms with Crippen LogP contribution in [0.3, 0.4) is 0 Å². The molecule has 1 saturated carbocycles. The van der Waals surface area contributed by atoms with E-state index in [1.165, 1.54) is 24.5 Å². The van der Waals surface area contributed by atoms with Crippen LogP contribution in [-0.4, -0.2) is 21.9 Å². The predicted octanol–water partition coefficient (Wildman–Crippen LogP) is 2.12. The Labute approximate surface area is 121 Å². The van der Waals surface area contributed by atoms with E-state index < -0.39 is 0 Å². The molecule has 0 saturated heterocycles. The fourth-order valence-corrected chi connectivity index (χ4v) is 1.82. The highest BCUT2D eigenvalue weighted by molar-refractivity contribution is 5.93. The molecule has 0 radical (unpaired) electrons. The van der Waals surface area contributed by atoms with Crippen LogP contribution in [0.1, 0.15) is 28.8 Å². The fourth-order valence-electron chi connectivity index (χ4n) is 1.82. The number of nitrogens with one attached hydrogen (secondary N) is 2. The molecular weight excluding hydrogens is 271 g/mol. The number of nitrogens with zero attached hydrogens (tertiary/aromatic N) is 2. The highest BCUT2D eigenvalue weighted by atomic mass is 19.1. The molecule has 0 bridgehead atoms. The lowest BCUT2D eigenvalue weighted by molar-refractivity contribution is 0.0950. The summed E-state index contributed by atoms with van der Waals surface area (Å²) < 4.78 is 12.8. The molecule has 0 unspecified atom stereocenters. The highest BCUT2D eigenvalue weighted by Gasteiger charge is 2.21. The Kier molecular flexibility index (Phi) is 3.77. The first kappa shape index (κ1) is 13.5. The Balaban J connectivity index is 1.55. The standard InChI is InChI=1S/C15H15FN4O/c16-12-3-1-10(2-4-12)7-17-14(21)11-8-18-15(19-9-11)20-13-5-6-13/h1-4,8-9,13H,5-7H2,(H,17,21)(H,18,19,20). The van der Waals surface area contributed by atoms with Gasteiger partial charge in [0.1, 0.15) is 5.82 Å². The van der Waals surface area contributed by atoms with Crippen LogP contribution in [0, 0.1) is 5.82 Å². The number of amides is 1. The first-order chi connectivity index (χ1) is 10.2. The predicted molar refractivity (Wildman–Crippen MR) is 76.2 cm³/mol. The summed E-state index contributed by atoms with van der Waals surface area (Å²) >= 11 is 0. The van der Waals surface area contributed by atoms with E-state index >= 15 is 0 Å². The van der Waals surface area contributed by atoms with Crippen molar-refractivity contribution in [2.45, 2.75) is 25.4 Å². The first-order valence-corrected chi connectivity index (χ1v) is 6.82. The van der Waals surface area contributed by atoms with Crippen LogP contribution in [0.4, 0.5) is 10.3 Å². The van der Waals surface area contributed by atoms with Crippen molar-refractivity contribution < 1.29 is 9.18 Å². The summed E-state index contributed by atoms with van der Waals surface area (Å²) in [6, 6.07) is 6.47. The average Bonchev–Trinajstić information content (AvgIpc) is 3.31. The molecule has 5 nitrogen and oxygen atoms in total. The van der Waals surface area contributed by atoms with E-state index in [1.807, 2.05) is 0 Å². The second kappa shape index (κ2) is 5.87. The maximum absolute atomic E-state index is 12.8. The Morgan fingerprint density at radius 3 is 2.48 bits per heavy atom. The molecule has 6 heteroatoms. The van der Waals surface area contributed by atoms with E-state index in [2.05, 4.69) is 20.6 Å². The molecule has 1 amide bonds. The molecule has 1 aromatic carbocycles. The van der Waals surface area contributed by atoms with Gasteiger partial charge >= 0.3 is 0 Å². The molecule has 0 aliphatic heterocycles.